The largest absolute Gasteiger partial charge is 0.355 e. The molecule has 1 rings (SSSR count). The number of carbonyl (C=O) groups is 1. The summed E-state index contributed by atoms with van der Waals surface area (Å²) in [5.41, 5.74) is 1.78. The molecule has 0 fully saturated rings. The molecule has 0 saturated carbocycles. The molecule has 0 heterocycles. The summed E-state index contributed by atoms with van der Waals surface area (Å²) in [6.07, 6.45) is -0.213. The first-order chi connectivity index (χ1) is 9.71. The fourth-order valence-corrected chi connectivity index (χ4v) is 1.79. The van der Waals surface area contributed by atoms with E-state index in [0.29, 0.717) is 31.9 Å². The van der Waals surface area contributed by atoms with E-state index in [1.807, 2.05) is 38.1 Å². The van der Waals surface area contributed by atoms with E-state index in [2.05, 4.69) is 10.6 Å². The maximum atomic E-state index is 11.4. The Morgan fingerprint density at radius 1 is 1.15 bits per heavy atom. The van der Waals surface area contributed by atoms with Crippen LogP contribution in [0, 0.1) is 0 Å². The van der Waals surface area contributed by atoms with Gasteiger partial charge in [0.25, 0.3) is 5.91 Å². The number of ether oxygens (including phenoxy) is 2. The van der Waals surface area contributed by atoms with Gasteiger partial charge in [0.05, 0.1) is 0 Å². The summed E-state index contributed by atoms with van der Waals surface area (Å²) in [5, 5.41) is 5.88. The molecule has 0 aliphatic heterocycles. The highest BCUT2D eigenvalue weighted by Gasteiger charge is 2.07. The van der Waals surface area contributed by atoms with Crippen LogP contribution in [0.3, 0.4) is 0 Å². The van der Waals surface area contributed by atoms with Gasteiger partial charge in [-0.2, -0.15) is 0 Å². The van der Waals surface area contributed by atoms with E-state index >= 15 is 0 Å². The van der Waals surface area contributed by atoms with Crippen molar-refractivity contribution in [2.45, 2.75) is 26.7 Å². The van der Waals surface area contributed by atoms with Gasteiger partial charge in [-0.25, -0.2) is 0 Å². The Labute approximate surface area is 120 Å². The SMILES string of the molecule is CCOC(CNCc1ccc(C(=O)NC)cc1)OCC. The molecule has 0 radical (unpaired) electrons. The van der Waals surface area contributed by atoms with Crippen LogP contribution in [0.25, 0.3) is 0 Å². The minimum atomic E-state index is -0.213. The molecular weight excluding hydrogens is 256 g/mol. The van der Waals surface area contributed by atoms with Gasteiger partial charge < -0.3 is 20.1 Å². The Bertz CT molecular complexity index is 387. The van der Waals surface area contributed by atoms with E-state index in [1.165, 1.54) is 0 Å². The highest BCUT2D eigenvalue weighted by Crippen LogP contribution is 2.04. The molecule has 0 saturated heterocycles. The Balaban J connectivity index is 2.39. The predicted octanol–water partition coefficient (Wildman–Crippen LogP) is 1.53. The van der Waals surface area contributed by atoms with Crippen LogP contribution in [0.2, 0.25) is 0 Å². The molecule has 1 aromatic carbocycles. The molecule has 0 aromatic heterocycles. The summed E-state index contributed by atoms with van der Waals surface area (Å²) < 4.78 is 10.9. The van der Waals surface area contributed by atoms with E-state index in [9.17, 15) is 4.79 Å². The number of benzene rings is 1. The quantitative estimate of drug-likeness (QED) is 0.674. The monoisotopic (exact) mass is 280 g/mol. The van der Waals surface area contributed by atoms with Crippen molar-refractivity contribution in [3.8, 4) is 0 Å². The average Bonchev–Trinajstić information content (AvgIpc) is 2.47. The van der Waals surface area contributed by atoms with Crippen LogP contribution in [0.1, 0.15) is 29.8 Å². The molecule has 0 aliphatic rings. The number of nitrogens with one attached hydrogen (secondary N) is 2. The zero-order chi connectivity index (χ0) is 14.8. The highest BCUT2D eigenvalue weighted by molar-refractivity contribution is 5.93. The number of hydrogen-bond donors (Lipinski definition) is 2. The zero-order valence-corrected chi connectivity index (χ0v) is 12.4. The highest BCUT2D eigenvalue weighted by atomic mass is 16.7. The molecule has 112 valence electrons. The van der Waals surface area contributed by atoms with Gasteiger partial charge in [0, 0.05) is 38.9 Å². The predicted molar refractivity (Wildman–Crippen MR) is 78.6 cm³/mol. The van der Waals surface area contributed by atoms with Crippen LogP contribution in [0.15, 0.2) is 24.3 Å². The van der Waals surface area contributed by atoms with Gasteiger partial charge >= 0.3 is 0 Å². The minimum Gasteiger partial charge on any atom is -0.355 e. The zero-order valence-electron chi connectivity index (χ0n) is 12.4. The first-order valence-corrected chi connectivity index (χ1v) is 6.96. The number of rotatable bonds is 9. The fourth-order valence-electron chi connectivity index (χ4n) is 1.79. The summed E-state index contributed by atoms with van der Waals surface area (Å²) in [6, 6.07) is 7.51. The smallest absolute Gasteiger partial charge is 0.251 e. The maximum absolute atomic E-state index is 11.4. The lowest BCUT2D eigenvalue weighted by molar-refractivity contribution is -0.133. The van der Waals surface area contributed by atoms with E-state index in [0.717, 1.165) is 5.56 Å². The molecule has 1 aromatic rings. The van der Waals surface area contributed by atoms with Gasteiger partial charge in [-0.1, -0.05) is 12.1 Å². The Hall–Kier alpha value is -1.43. The maximum Gasteiger partial charge on any atom is 0.251 e. The van der Waals surface area contributed by atoms with Crippen molar-refractivity contribution in [3.05, 3.63) is 35.4 Å². The molecule has 0 unspecified atom stereocenters. The van der Waals surface area contributed by atoms with Crippen molar-refractivity contribution in [3.63, 3.8) is 0 Å². The van der Waals surface area contributed by atoms with Gasteiger partial charge in [0.2, 0.25) is 0 Å². The minimum absolute atomic E-state index is 0.0720. The van der Waals surface area contributed by atoms with Crippen molar-refractivity contribution < 1.29 is 14.3 Å². The molecule has 0 spiro atoms. The van der Waals surface area contributed by atoms with Gasteiger partial charge in [0.1, 0.15) is 0 Å². The third kappa shape index (κ3) is 5.69. The van der Waals surface area contributed by atoms with Crippen LogP contribution in [-0.2, 0) is 16.0 Å². The molecule has 0 bridgehead atoms. The normalized spacial score (nSPS) is 10.8. The summed E-state index contributed by atoms with van der Waals surface area (Å²) in [4.78, 5) is 11.4. The molecule has 5 nitrogen and oxygen atoms in total. The molecule has 2 N–H and O–H groups in total. The fraction of sp³-hybridized carbons (Fsp3) is 0.533. The summed E-state index contributed by atoms with van der Waals surface area (Å²) in [6.45, 7) is 6.51. The molecule has 5 heteroatoms. The first-order valence-electron chi connectivity index (χ1n) is 6.96. The number of hydrogen-bond acceptors (Lipinski definition) is 4. The van der Waals surface area contributed by atoms with E-state index in [1.54, 1.807) is 7.05 Å². The van der Waals surface area contributed by atoms with Crippen LogP contribution in [0.5, 0.6) is 0 Å². The molecule has 0 aliphatic carbocycles. The lowest BCUT2D eigenvalue weighted by atomic mass is 10.1. The van der Waals surface area contributed by atoms with E-state index in [4.69, 9.17) is 9.47 Å². The number of amides is 1. The van der Waals surface area contributed by atoms with Crippen molar-refractivity contribution in [2.75, 3.05) is 26.8 Å². The third-order valence-electron chi connectivity index (χ3n) is 2.79. The summed E-state index contributed by atoms with van der Waals surface area (Å²) in [5.74, 6) is -0.0720. The van der Waals surface area contributed by atoms with Crippen LogP contribution in [0.4, 0.5) is 0 Å². The van der Waals surface area contributed by atoms with Gasteiger partial charge in [-0.15, -0.1) is 0 Å². The van der Waals surface area contributed by atoms with Crippen molar-refractivity contribution >= 4 is 5.91 Å². The van der Waals surface area contributed by atoms with Crippen LogP contribution in [-0.4, -0.2) is 39.0 Å². The lowest BCUT2D eigenvalue weighted by Gasteiger charge is -2.17. The van der Waals surface area contributed by atoms with Gasteiger partial charge in [-0.05, 0) is 31.5 Å². The molecule has 1 amide bonds. The first kappa shape index (κ1) is 16.6. The summed E-state index contributed by atoms with van der Waals surface area (Å²) in [7, 11) is 1.62. The Morgan fingerprint density at radius 3 is 2.25 bits per heavy atom. The lowest BCUT2D eigenvalue weighted by Crippen LogP contribution is -2.31. The van der Waals surface area contributed by atoms with E-state index < -0.39 is 0 Å². The Kier molecular flexibility index (Phi) is 7.87. The van der Waals surface area contributed by atoms with Crippen molar-refractivity contribution in [2.24, 2.45) is 0 Å². The number of carbonyl (C=O) groups excluding carboxylic acids is 1. The molecule has 20 heavy (non-hydrogen) atoms. The second kappa shape index (κ2) is 9.47. The van der Waals surface area contributed by atoms with Crippen molar-refractivity contribution in [1.82, 2.24) is 10.6 Å². The third-order valence-corrected chi connectivity index (χ3v) is 2.79. The van der Waals surface area contributed by atoms with Crippen molar-refractivity contribution in [1.29, 1.82) is 0 Å². The van der Waals surface area contributed by atoms with Crippen LogP contribution < -0.4 is 10.6 Å². The Morgan fingerprint density at radius 2 is 1.75 bits per heavy atom. The van der Waals surface area contributed by atoms with E-state index in [-0.39, 0.29) is 12.2 Å². The topological polar surface area (TPSA) is 59.6 Å². The second-order valence-corrected chi connectivity index (χ2v) is 4.25. The molecular formula is C15H24N2O3. The molecule has 0 atom stereocenters. The summed E-state index contributed by atoms with van der Waals surface area (Å²) >= 11 is 0. The standard InChI is InChI=1S/C15H24N2O3/c1-4-19-14(20-5-2)11-17-10-12-6-8-13(9-7-12)15(18)16-3/h6-9,14,17H,4-5,10-11H2,1-3H3,(H,16,18). The van der Waals surface area contributed by atoms with Crippen LogP contribution >= 0.6 is 0 Å². The van der Waals surface area contributed by atoms with Gasteiger partial charge in [0.15, 0.2) is 6.29 Å². The van der Waals surface area contributed by atoms with Gasteiger partial charge in [-0.3, -0.25) is 4.79 Å². The second-order valence-electron chi connectivity index (χ2n) is 4.25. The average molecular weight is 280 g/mol.